The molecule has 5 heteroatoms. The molecule has 26 heavy (non-hydrogen) atoms. The first kappa shape index (κ1) is 15.0. The minimum Gasteiger partial charge on any atom is -0.351 e. The van der Waals surface area contributed by atoms with Gasteiger partial charge in [0.1, 0.15) is 17.2 Å². The third-order valence-corrected chi connectivity index (χ3v) is 5.41. The molecule has 0 spiro atoms. The van der Waals surface area contributed by atoms with Crippen molar-refractivity contribution in [2.75, 3.05) is 5.73 Å². The van der Waals surface area contributed by atoms with Crippen LogP contribution in [0.1, 0.15) is 15.9 Å². The van der Waals surface area contributed by atoms with E-state index in [0.29, 0.717) is 5.13 Å². The molecule has 2 N–H and O–H groups in total. The van der Waals surface area contributed by atoms with Crippen molar-refractivity contribution in [3.63, 3.8) is 0 Å². The SMILES string of the molecule is Nc1nc(-c2ccccc2)[n+](-c2ccc3c(c2)-c2ccccc2C3=O)s1. The topological polar surface area (TPSA) is 59.9 Å². The molecular weight excluding hydrogens is 342 g/mol. The summed E-state index contributed by atoms with van der Waals surface area (Å²) in [4.78, 5) is 17.1. The number of carbonyl (C=O) groups is 1. The number of nitrogen functional groups attached to an aromatic ring is 1. The number of fused-ring (bicyclic) bond motifs is 3. The Morgan fingerprint density at radius 1 is 0.808 bits per heavy atom. The second kappa shape index (κ2) is 5.61. The highest BCUT2D eigenvalue weighted by Gasteiger charge is 2.29. The Kier molecular flexibility index (Phi) is 3.23. The third-order valence-electron chi connectivity index (χ3n) is 4.57. The predicted molar refractivity (Wildman–Crippen MR) is 102 cm³/mol. The molecule has 0 fully saturated rings. The Morgan fingerprint density at radius 2 is 1.50 bits per heavy atom. The van der Waals surface area contributed by atoms with Crippen LogP contribution in [-0.2, 0) is 0 Å². The molecular formula is C21H14N3OS+. The molecule has 0 radical (unpaired) electrons. The van der Waals surface area contributed by atoms with E-state index >= 15 is 0 Å². The molecule has 4 aromatic rings. The molecule has 5 rings (SSSR count). The molecule has 1 aliphatic carbocycles. The molecule has 0 bridgehead atoms. The van der Waals surface area contributed by atoms with Crippen LogP contribution in [0.25, 0.3) is 28.2 Å². The van der Waals surface area contributed by atoms with Crippen LogP contribution in [0.5, 0.6) is 0 Å². The van der Waals surface area contributed by atoms with Crippen molar-refractivity contribution in [2.45, 2.75) is 0 Å². The van der Waals surface area contributed by atoms with Gasteiger partial charge in [0, 0.05) is 11.1 Å². The van der Waals surface area contributed by atoms with Gasteiger partial charge in [-0.05, 0) is 46.4 Å². The van der Waals surface area contributed by atoms with Crippen molar-refractivity contribution < 1.29 is 8.75 Å². The largest absolute Gasteiger partial charge is 0.351 e. The second-order valence-corrected chi connectivity index (χ2v) is 7.10. The Hall–Kier alpha value is -3.31. The summed E-state index contributed by atoms with van der Waals surface area (Å²) in [7, 11) is 0. The summed E-state index contributed by atoms with van der Waals surface area (Å²) < 4.78 is 2.01. The number of benzene rings is 3. The molecule has 0 atom stereocenters. The zero-order valence-electron chi connectivity index (χ0n) is 13.7. The lowest BCUT2D eigenvalue weighted by molar-refractivity contribution is -0.509. The standard InChI is InChI=1S/C21H13N3OS/c22-21-23-20(13-6-2-1-3-7-13)24(26-21)14-10-11-17-18(12-14)15-8-4-5-9-16(15)19(17)25/h1-12,22H/p+1. The average molecular weight is 356 g/mol. The quantitative estimate of drug-likeness (QED) is 0.488. The van der Waals surface area contributed by atoms with Gasteiger partial charge in [0.05, 0.1) is 5.56 Å². The molecule has 124 valence electrons. The number of nitrogens with two attached hydrogens (primary N) is 1. The fourth-order valence-corrected chi connectivity index (χ4v) is 4.16. The van der Waals surface area contributed by atoms with Gasteiger partial charge in [-0.25, -0.2) is 0 Å². The minimum atomic E-state index is 0.0826. The monoisotopic (exact) mass is 356 g/mol. The van der Waals surface area contributed by atoms with E-state index in [0.717, 1.165) is 39.3 Å². The predicted octanol–water partition coefficient (Wildman–Crippen LogP) is 3.88. The fourth-order valence-electron chi connectivity index (χ4n) is 3.39. The van der Waals surface area contributed by atoms with Gasteiger partial charge in [0.2, 0.25) is 0 Å². The summed E-state index contributed by atoms with van der Waals surface area (Å²) in [6.07, 6.45) is 0. The smallest absolute Gasteiger partial charge is 0.350 e. The summed E-state index contributed by atoms with van der Waals surface area (Å²) in [6.45, 7) is 0. The lowest BCUT2D eigenvalue weighted by Gasteiger charge is -2.02. The molecule has 1 aliphatic rings. The number of anilines is 1. The first-order valence-corrected chi connectivity index (χ1v) is 9.02. The number of hydrogen-bond donors (Lipinski definition) is 1. The van der Waals surface area contributed by atoms with Crippen LogP contribution in [0.3, 0.4) is 0 Å². The maximum Gasteiger partial charge on any atom is 0.350 e. The van der Waals surface area contributed by atoms with Crippen LogP contribution < -0.4 is 9.69 Å². The van der Waals surface area contributed by atoms with E-state index in [-0.39, 0.29) is 5.78 Å². The molecule has 4 nitrogen and oxygen atoms in total. The van der Waals surface area contributed by atoms with Crippen LogP contribution in [0, 0.1) is 0 Å². The second-order valence-electron chi connectivity index (χ2n) is 6.13. The molecule has 1 heterocycles. The molecule has 0 unspecified atom stereocenters. The lowest BCUT2D eigenvalue weighted by atomic mass is 10.1. The van der Waals surface area contributed by atoms with Gasteiger partial charge >= 0.3 is 11.0 Å². The number of hydrogen-bond acceptors (Lipinski definition) is 4. The van der Waals surface area contributed by atoms with Gasteiger partial charge in [-0.2, -0.15) is 0 Å². The van der Waals surface area contributed by atoms with E-state index in [2.05, 4.69) is 4.98 Å². The number of rotatable bonds is 2. The molecule has 3 aromatic carbocycles. The van der Waals surface area contributed by atoms with Gasteiger partial charge < -0.3 is 5.73 Å². The van der Waals surface area contributed by atoms with E-state index in [4.69, 9.17) is 5.73 Å². The third kappa shape index (κ3) is 2.18. The molecule has 0 saturated heterocycles. The summed E-state index contributed by atoms with van der Waals surface area (Å²) >= 11 is 1.39. The van der Waals surface area contributed by atoms with Gasteiger partial charge in [-0.15, -0.1) is 3.96 Å². The van der Waals surface area contributed by atoms with Crippen LogP contribution in [0.4, 0.5) is 5.13 Å². The molecule has 1 aromatic heterocycles. The Balaban J connectivity index is 1.71. The zero-order chi connectivity index (χ0) is 17.7. The summed E-state index contributed by atoms with van der Waals surface area (Å²) in [6, 6.07) is 23.6. The molecule has 0 amide bonds. The molecule has 0 aliphatic heterocycles. The average Bonchev–Trinajstić information content (AvgIpc) is 3.21. The van der Waals surface area contributed by atoms with Crippen molar-refractivity contribution in [3.05, 3.63) is 83.9 Å². The highest BCUT2D eigenvalue weighted by atomic mass is 32.1. The normalized spacial score (nSPS) is 12.1. The first-order valence-electron chi connectivity index (χ1n) is 8.25. The van der Waals surface area contributed by atoms with Crippen LogP contribution in [-0.4, -0.2) is 10.8 Å². The summed E-state index contributed by atoms with van der Waals surface area (Å²) in [5.74, 6) is 0.880. The first-order chi connectivity index (χ1) is 12.7. The number of ketones is 1. The van der Waals surface area contributed by atoms with Crippen molar-refractivity contribution in [1.29, 1.82) is 0 Å². The highest BCUT2D eigenvalue weighted by molar-refractivity contribution is 7.05. The lowest BCUT2D eigenvalue weighted by Crippen LogP contribution is -2.28. The van der Waals surface area contributed by atoms with Crippen LogP contribution in [0.2, 0.25) is 0 Å². The highest BCUT2D eigenvalue weighted by Crippen LogP contribution is 2.37. The van der Waals surface area contributed by atoms with Crippen molar-refractivity contribution in [2.24, 2.45) is 0 Å². The van der Waals surface area contributed by atoms with Crippen LogP contribution >= 0.6 is 11.5 Å². The Bertz CT molecular complexity index is 1170. The summed E-state index contributed by atoms with van der Waals surface area (Å²) in [5.41, 5.74) is 11.4. The van der Waals surface area contributed by atoms with Crippen LogP contribution in [0.15, 0.2) is 72.8 Å². The van der Waals surface area contributed by atoms with Gasteiger partial charge in [-0.1, -0.05) is 42.5 Å². The number of carbonyl (C=O) groups excluding carboxylic acids is 1. The Labute approximate surface area is 154 Å². The van der Waals surface area contributed by atoms with E-state index in [1.54, 1.807) is 0 Å². The van der Waals surface area contributed by atoms with Gasteiger partial charge in [0.15, 0.2) is 5.78 Å². The van der Waals surface area contributed by atoms with Crippen molar-refractivity contribution >= 4 is 22.4 Å². The number of nitrogens with zero attached hydrogens (tertiary/aromatic N) is 2. The van der Waals surface area contributed by atoms with Gasteiger partial charge in [0.25, 0.3) is 0 Å². The van der Waals surface area contributed by atoms with E-state index < -0.39 is 0 Å². The minimum absolute atomic E-state index is 0.0826. The van der Waals surface area contributed by atoms with E-state index in [1.165, 1.54) is 11.5 Å². The fraction of sp³-hybridized carbons (Fsp3) is 0. The summed E-state index contributed by atoms with van der Waals surface area (Å²) in [5, 5.41) is 0.501. The number of aromatic nitrogens is 2. The van der Waals surface area contributed by atoms with Gasteiger partial charge in [-0.3, -0.25) is 4.79 Å². The maximum atomic E-state index is 12.6. The Morgan fingerprint density at radius 3 is 2.31 bits per heavy atom. The zero-order valence-corrected chi connectivity index (χ0v) is 14.5. The maximum absolute atomic E-state index is 12.6. The van der Waals surface area contributed by atoms with E-state index in [9.17, 15) is 4.79 Å². The van der Waals surface area contributed by atoms with Crippen molar-refractivity contribution in [3.8, 4) is 28.2 Å². The van der Waals surface area contributed by atoms with E-state index in [1.807, 2.05) is 76.8 Å². The molecule has 0 saturated carbocycles. The van der Waals surface area contributed by atoms with Crippen molar-refractivity contribution in [1.82, 2.24) is 4.98 Å².